The summed E-state index contributed by atoms with van der Waals surface area (Å²) in [6.45, 7) is 10.8. The third-order valence-corrected chi connectivity index (χ3v) is 0.856. The van der Waals surface area contributed by atoms with Gasteiger partial charge in [0, 0.05) is 6.20 Å². The van der Waals surface area contributed by atoms with Crippen molar-refractivity contribution in [3.8, 4) is 0 Å². The van der Waals surface area contributed by atoms with Crippen molar-refractivity contribution >= 4 is 0 Å². The summed E-state index contributed by atoms with van der Waals surface area (Å²) in [4.78, 5) is 0. The van der Waals surface area contributed by atoms with Gasteiger partial charge >= 0.3 is 0 Å². The standard InChI is InChI=1S/C8H13NO/c1-6(2)8(5-9)10-7(3)4/h5H,1,3,9H2,2,4H3/b8-5-. The molecule has 0 spiro atoms. The van der Waals surface area contributed by atoms with E-state index in [0.29, 0.717) is 11.5 Å². The Balaban J connectivity index is 4.12. The van der Waals surface area contributed by atoms with E-state index in [4.69, 9.17) is 10.5 Å². The van der Waals surface area contributed by atoms with E-state index in [0.717, 1.165) is 5.57 Å². The Morgan fingerprint density at radius 1 is 1.40 bits per heavy atom. The topological polar surface area (TPSA) is 35.2 Å². The Kier molecular flexibility index (Phi) is 3.33. The lowest BCUT2D eigenvalue weighted by molar-refractivity contribution is 0.317. The van der Waals surface area contributed by atoms with E-state index < -0.39 is 0 Å². The van der Waals surface area contributed by atoms with E-state index in [-0.39, 0.29) is 0 Å². The molecular formula is C8H13NO. The van der Waals surface area contributed by atoms with Crippen LogP contribution in [0, 0.1) is 0 Å². The molecule has 0 bridgehead atoms. The maximum atomic E-state index is 5.23. The van der Waals surface area contributed by atoms with Crippen LogP contribution in [0.3, 0.4) is 0 Å². The minimum absolute atomic E-state index is 0.576. The monoisotopic (exact) mass is 139 g/mol. The Morgan fingerprint density at radius 3 is 2.00 bits per heavy atom. The molecule has 0 amide bonds. The average molecular weight is 139 g/mol. The fraction of sp³-hybridized carbons (Fsp3) is 0.250. The molecule has 0 aromatic carbocycles. The Bertz CT molecular complexity index is 180. The van der Waals surface area contributed by atoms with Crippen LogP contribution >= 0.6 is 0 Å². The maximum Gasteiger partial charge on any atom is 0.144 e. The lowest BCUT2D eigenvalue weighted by Crippen LogP contribution is -1.94. The highest BCUT2D eigenvalue weighted by Crippen LogP contribution is 2.10. The molecule has 2 N–H and O–H groups in total. The van der Waals surface area contributed by atoms with Crippen LogP contribution in [-0.2, 0) is 4.74 Å². The van der Waals surface area contributed by atoms with Crippen molar-refractivity contribution in [2.45, 2.75) is 13.8 Å². The largest absolute Gasteiger partial charge is 0.461 e. The number of ether oxygens (including phenoxy) is 1. The molecule has 2 nitrogen and oxygen atoms in total. The first-order valence-corrected chi connectivity index (χ1v) is 2.99. The fourth-order valence-corrected chi connectivity index (χ4v) is 0.451. The minimum Gasteiger partial charge on any atom is -0.461 e. The summed E-state index contributed by atoms with van der Waals surface area (Å²) in [5.74, 6) is 1.19. The Morgan fingerprint density at radius 2 is 1.90 bits per heavy atom. The van der Waals surface area contributed by atoms with Crippen LogP contribution in [0.4, 0.5) is 0 Å². The predicted molar refractivity (Wildman–Crippen MR) is 43.0 cm³/mol. The van der Waals surface area contributed by atoms with Gasteiger partial charge in [-0.3, -0.25) is 0 Å². The molecule has 0 radical (unpaired) electrons. The number of hydrogen-bond acceptors (Lipinski definition) is 2. The van der Waals surface area contributed by atoms with Gasteiger partial charge in [-0.15, -0.1) is 0 Å². The maximum absolute atomic E-state index is 5.23. The SMILES string of the molecule is C=C(C)O/C(=C\N)C(=C)C. The van der Waals surface area contributed by atoms with Crippen LogP contribution in [0.15, 0.2) is 36.4 Å². The number of allylic oxidation sites excluding steroid dienone is 2. The zero-order valence-corrected chi connectivity index (χ0v) is 6.48. The first-order chi connectivity index (χ1) is 4.57. The summed E-state index contributed by atoms with van der Waals surface area (Å²) >= 11 is 0. The number of rotatable bonds is 3. The van der Waals surface area contributed by atoms with Gasteiger partial charge in [0.15, 0.2) is 0 Å². The molecule has 0 aliphatic rings. The molecule has 0 rings (SSSR count). The highest BCUT2D eigenvalue weighted by molar-refractivity contribution is 5.20. The minimum atomic E-state index is 0.576. The van der Waals surface area contributed by atoms with Gasteiger partial charge < -0.3 is 10.5 Å². The molecule has 2 heteroatoms. The van der Waals surface area contributed by atoms with Crippen molar-refractivity contribution < 1.29 is 4.74 Å². The van der Waals surface area contributed by atoms with Gasteiger partial charge in [0.1, 0.15) is 5.76 Å². The van der Waals surface area contributed by atoms with Crippen molar-refractivity contribution in [1.29, 1.82) is 0 Å². The second kappa shape index (κ2) is 3.77. The smallest absolute Gasteiger partial charge is 0.144 e. The summed E-state index contributed by atoms with van der Waals surface area (Å²) in [5.41, 5.74) is 6.03. The normalized spacial score (nSPS) is 10.8. The second-order valence-corrected chi connectivity index (χ2v) is 2.12. The van der Waals surface area contributed by atoms with Gasteiger partial charge in [-0.05, 0) is 19.4 Å². The molecule has 0 heterocycles. The van der Waals surface area contributed by atoms with Crippen molar-refractivity contribution in [1.82, 2.24) is 0 Å². The van der Waals surface area contributed by atoms with Crippen molar-refractivity contribution in [2.24, 2.45) is 5.73 Å². The van der Waals surface area contributed by atoms with E-state index in [1.807, 2.05) is 6.92 Å². The van der Waals surface area contributed by atoms with Gasteiger partial charge in [0.2, 0.25) is 0 Å². The van der Waals surface area contributed by atoms with Crippen LogP contribution in [0.5, 0.6) is 0 Å². The molecule has 0 atom stereocenters. The van der Waals surface area contributed by atoms with Crippen LogP contribution in [-0.4, -0.2) is 0 Å². The van der Waals surface area contributed by atoms with Gasteiger partial charge in [-0.1, -0.05) is 13.2 Å². The first-order valence-electron chi connectivity index (χ1n) is 2.99. The van der Waals surface area contributed by atoms with E-state index in [1.54, 1.807) is 6.92 Å². The summed E-state index contributed by atoms with van der Waals surface area (Å²) in [6, 6.07) is 0. The van der Waals surface area contributed by atoms with E-state index in [2.05, 4.69) is 13.2 Å². The Hall–Kier alpha value is -1.18. The molecule has 10 heavy (non-hydrogen) atoms. The summed E-state index contributed by atoms with van der Waals surface area (Å²) in [5, 5.41) is 0. The van der Waals surface area contributed by atoms with Crippen molar-refractivity contribution in [3.63, 3.8) is 0 Å². The zero-order chi connectivity index (χ0) is 8.15. The van der Waals surface area contributed by atoms with Crippen LogP contribution < -0.4 is 5.73 Å². The lowest BCUT2D eigenvalue weighted by atomic mass is 10.3. The first kappa shape index (κ1) is 8.82. The van der Waals surface area contributed by atoms with Crippen LogP contribution in [0.1, 0.15) is 13.8 Å². The van der Waals surface area contributed by atoms with Crippen LogP contribution in [0.2, 0.25) is 0 Å². The molecule has 0 unspecified atom stereocenters. The zero-order valence-electron chi connectivity index (χ0n) is 6.48. The molecule has 0 aromatic heterocycles. The molecule has 0 aromatic rings. The summed E-state index contributed by atoms with van der Waals surface area (Å²) < 4.78 is 5.10. The molecule has 0 aliphatic carbocycles. The van der Waals surface area contributed by atoms with Gasteiger partial charge in [0.25, 0.3) is 0 Å². The molecule has 0 aliphatic heterocycles. The second-order valence-electron chi connectivity index (χ2n) is 2.12. The fourth-order valence-electron chi connectivity index (χ4n) is 0.451. The van der Waals surface area contributed by atoms with E-state index >= 15 is 0 Å². The average Bonchev–Trinajstić information content (AvgIpc) is 1.81. The lowest BCUT2D eigenvalue weighted by Gasteiger charge is -2.06. The van der Waals surface area contributed by atoms with Gasteiger partial charge in [-0.25, -0.2) is 0 Å². The third kappa shape index (κ3) is 2.97. The van der Waals surface area contributed by atoms with Crippen molar-refractivity contribution in [2.75, 3.05) is 0 Å². The molecule has 0 saturated heterocycles. The summed E-state index contributed by atoms with van der Waals surface area (Å²) in [6.07, 6.45) is 1.37. The van der Waals surface area contributed by atoms with Gasteiger partial charge in [0.05, 0.1) is 5.76 Å². The van der Waals surface area contributed by atoms with Gasteiger partial charge in [-0.2, -0.15) is 0 Å². The number of hydrogen-bond donors (Lipinski definition) is 1. The highest BCUT2D eigenvalue weighted by Gasteiger charge is 1.96. The van der Waals surface area contributed by atoms with Crippen LogP contribution in [0.25, 0.3) is 0 Å². The van der Waals surface area contributed by atoms with Crippen molar-refractivity contribution in [3.05, 3.63) is 36.4 Å². The molecule has 0 saturated carbocycles. The molecule has 56 valence electrons. The highest BCUT2D eigenvalue weighted by atomic mass is 16.5. The Labute approximate surface area is 61.7 Å². The predicted octanol–water partition coefficient (Wildman–Crippen LogP) is 1.91. The molecule has 0 fully saturated rings. The third-order valence-electron chi connectivity index (χ3n) is 0.856. The molecular weight excluding hydrogens is 126 g/mol. The van der Waals surface area contributed by atoms with E-state index in [9.17, 15) is 0 Å². The van der Waals surface area contributed by atoms with E-state index in [1.165, 1.54) is 6.20 Å². The number of nitrogens with two attached hydrogens (primary N) is 1. The quantitative estimate of drug-likeness (QED) is 0.479. The summed E-state index contributed by atoms with van der Waals surface area (Å²) in [7, 11) is 0.